The third kappa shape index (κ3) is 7.59. The molecule has 1 aliphatic rings. The Labute approximate surface area is 162 Å². The molecule has 0 spiro atoms. The Hall–Kier alpha value is -2.08. The van der Waals surface area contributed by atoms with Crippen molar-refractivity contribution in [3.8, 4) is 0 Å². The van der Waals surface area contributed by atoms with Gasteiger partial charge in [0.25, 0.3) is 0 Å². The number of nitrogens with zero attached hydrogens (tertiary/aromatic N) is 2. The Morgan fingerprint density at radius 3 is 2.41 bits per heavy atom. The van der Waals surface area contributed by atoms with Gasteiger partial charge in [-0.3, -0.25) is 9.59 Å². The van der Waals surface area contributed by atoms with Gasteiger partial charge < -0.3 is 19.9 Å². The van der Waals surface area contributed by atoms with Gasteiger partial charge in [-0.15, -0.1) is 0 Å². The monoisotopic (exact) mass is 375 g/mol. The minimum atomic E-state index is -0.170. The maximum absolute atomic E-state index is 12.2. The average Bonchev–Trinajstić information content (AvgIpc) is 2.68. The van der Waals surface area contributed by atoms with Crippen molar-refractivity contribution < 1.29 is 14.3 Å². The van der Waals surface area contributed by atoms with Crippen LogP contribution in [0.25, 0.3) is 0 Å². The lowest BCUT2D eigenvalue weighted by Crippen LogP contribution is -2.36. The molecule has 6 heteroatoms. The SMILES string of the molecule is CCCCCCCC(=O)N(C)CC(=O)Nc1ccc(N2CCOCC2)cc1. The van der Waals surface area contributed by atoms with E-state index in [2.05, 4.69) is 17.1 Å². The van der Waals surface area contributed by atoms with Gasteiger partial charge in [0.1, 0.15) is 0 Å². The molecule has 0 saturated carbocycles. The molecule has 2 amide bonds. The van der Waals surface area contributed by atoms with Crippen LogP contribution in [0.3, 0.4) is 0 Å². The topological polar surface area (TPSA) is 61.9 Å². The number of hydrogen-bond acceptors (Lipinski definition) is 4. The molecule has 1 aliphatic heterocycles. The van der Waals surface area contributed by atoms with Crippen molar-refractivity contribution in [1.29, 1.82) is 0 Å². The van der Waals surface area contributed by atoms with E-state index in [-0.39, 0.29) is 18.4 Å². The summed E-state index contributed by atoms with van der Waals surface area (Å²) in [5, 5.41) is 2.87. The Bertz CT molecular complexity index is 583. The van der Waals surface area contributed by atoms with E-state index in [1.165, 1.54) is 24.2 Å². The number of carbonyl (C=O) groups excluding carboxylic acids is 2. The molecule has 1 heterocycles. The van der Waals surface area contributed by atoms with Crippen molar-refractivity contribution in [1.82, 2.24) is 4.90 Å². The van der Waals surface area contributed by atoms with E-state index < -0.39 is 0 Å². The minimum Gasteiger partial charge on any atom is -0.378 e. The fourth-order valence-corrected chi connectivity index (χ4v) is 3.15. The highest BCUT2D eigenvalue weighted by molar-refractivity contribution is 5.94. The first-order valence-corrected chi connectivity index (χ1v) is 10.1. The Balaban J connectivity index is 1.71. The predicted molar refractivity (Wildman–Crippen MR) is 109 cm³/mol. The lowest BCUT2D eigenvalue weighted by molar-refractivity contribution is -0.133. The maximum Gasteiger partial charge on any atom is 0.243 e. The van der Waals surface area contributed by atoms with Crippen LogP contribution in [0.1, 0.15) is 45.4 Å². The standard InChI is InChI=1S/C21H33N3O3/c1-3-4-5-6-7-8-21(26)23(2)17-20(25)22-18-9-11-19(12-10-18)24-13-15-27-16-14-24/h9-12H,3-8,13-17H2,1-2H3,(H,22,25). The highest BCUT2D eigenvalue weighted by Crippen LogP contribution is 2.19. The third-order valence-corrected chi connectivity index (χ3v) is 4.83. The van der Waals surface area contributed by atoms with E-state index in [1.807, 2.05) is 24.3 Å². The molecule has 1 saturated heterocycles. The Morgan fingerprint density at radius 2 is 1.74 bits per heavy atom. The zero-order valence-electron chi connectivity index (χ0n) is 16.7. The molecule has 0 bridgehead atoms. The van der Waals surface area contributed by atoms with Gasteiger partial charge in [-0.2, -0.15) is 0 Å². The van der Waals surface area contributed by atoms with Crippen molar-refractivity contribution in [3.63, 3.8) is 0 Å². The second-order valence-corrected chi connectivity index (χ2v) is 7.11. The normalized spacial score (nSPS) is 14.1. The number of ether oxygens (including phenoxy) is 1. The number of nitrogens with one attached hydrogen (secondary N) is 1. The van der Waals surface area contributed by atoms with Crippen LogP contribution in [-0.2, 0) is 14.3 Å². The molecule has 0 aromatic heterocycles. The molecule has 1 N–H and O–H groups in total. The number of unbranched alkanes of at least 4 members (excludes halogenated alkanes) is 4. The second-order valence-electron chi connectivity index (χ2n) is 7.11. The zero-order valence-corrected chi connectivity index (χ0v) is 16.7. The van der Waals surface area contributed by atoms with Crippen molar-refractivity contribution in [2.75, 3.05) is 50.1 Å². The van der Waals surface area contributed by atoms with Gasteiger partial charge in [0.05, 0.1) is 19.8 Å². The molecule has 0 aliphatic carbocycles. The van der Waals surface area contributed by atoms with Gasteiger partial charge in [-0.1, -0.05) is 32.6 Å². The number of morpholine rings is 1. The van der Waals surface area contributed by atoms with E-state index in [4.69, 9.17) is 4.74 Å². The summed E-state index contributed by atoms with van der Waals surface area (Å²) in [6.07, 6.45) is 6.08. The molecule has 150 valence electrons. The first kappa shape index (κ1) is 21.2. The minimum absolute atomic E-state index is 0.0318. The fourth-order valence-electron chi connectivity index (χ4n) is 3.15. The van der Waals surface area contributed by atoms with Gasteiger partial charge in [-0.25, -0.2) is 0 Å². The molecule has 1 aromatic carbocycles. The van der Waals surface area contributed by atoms with E-state index in [0.29, 0.717) is 6.42 Å². The van der Waals surface area contributed by atoms with Gasteiger partial charge >= 0.3 is 0 Å². The van der Waals surface area contributed by atoms with Crippen LogP contribution >= 0.6 is 0 Å². The van der Waals surface area contributed by atoms with Crippen LogP contribution in [0, 0.1) is 0 Å². The van der Waals surface area contributed by atoms with Crippen molar-refractivity contribution in [3.05, 3.63) is 24.3 Å². The number of carbonyl (C=O) groups is 2. The van der Waals surface area contributed by atoms with Gasteiger partial charge in [0, 0.05) is 37.9 Å². The molecule has 0 radical (unpaired) electrons. The number of rotatable bonds is 10. The lowest BCUT2D eigenvalue weighted by atomic mass is 10.1. The summed E-state index contributed by atoms with van der Waals surface area (Å²) < 4.78 is 5.36. The van der Waals surface area contributed by atoms with Crippen LogP contribution < -0.4 is 10.2 Å². The number of benzene rings is 1. The first-order valence-electron chi connectivity index (χ1n) is 10.1. The molecule has 0 atom stereocenters. The molecular weight excluding hydrogens is 342 g/mol. The Morgan fingerprint density at radius 1 is 1.07 bits per heavy atom. The molecule has 6 nitrogen and oxygen atoms in total. The van der Waals surface area contributed by atoms with E-state index in [1.54, 1.807) is 7.05 Å². The number of anilines is 2. The van der Waals surface area contributed by atoms with Crippen molar-refractivity contribution in [2.45, 2.75) is 45.4 Å². The van der Waals surface area contributed by atoms with Crippen molar-refractivity contribution in [2.24, 2.45) is 0 Å². The van der Waals surface area contributed by atoms with Crippen LogP contribution in [0.4, 0.5) is 11.4 Å². The lowest BCUT2D eigenvalue weighted by Gasteiger charge is -2.28. The van der Waals surface area contributed by atoms with E-state index in [0.717, 1.165) is 50.5 Å². The van der Waals surface area contributed by atoms with Crippen LogP contribution in [0.15, 0.2) is 24.3 Å². The quantitative estimate of drug-likeness (QED) is 0.638. The van der Waals surface area contributed by atoms with E-state index in [9.17, 15) is 9.59 Å². The van der Waals surface area contributed by atoms with E-state index >= 15 is 0 Å². The molecule has 2 rings (SSSR count). The summed E-state index contributed by atoms with van der Waals surface area (Å²) >= 11 is 0. The van der Waals surface area contributed by atoms with Crippen molar-refractivity contribution >= 4 is 23.2 Å². The van der Waals surface area contributed by atoms with Gasteiger partial charge in [0.15, 0.2) is 0 Å². The molecule has 27 heavy (non-hydrogen) atoms. The number of hydrogen-bond donors (Lipinski definition) is 1. The maximum atomic E-state index is 12.2. The summed E-state index contributed by atoms with van der Waals surface area (Å²) in [5.74, 6) is -0.139. The van der Waals surface area contributed by atoms with Crippen LogP contribution in [0.5, 0.6) is 0 Å². The summed E-state index contributed by atoms with van der Waals surface area (Å²) in [7, 11) is 1.69. The molecule has 1 fully saturated rings. The Kier molecular flexibility index (Phi) is 9.11. The highest BCUT2D eigenvalue weighted by atomic mass is 16.5. The largest absolute Gasteiger partial charge is 0.378 e. The van der Waals surface area contributed by atoms with Crippen LogP contribution in [-0.4, -0.2) is 56.6 Å². The number of likely N-dealkylation sites (N-methyl/N-ethyl adjacent to an activating group) is 1. The smallest absolute Gasteiger partial charge is 0.243 e. The average molecular weight is 376 g/mol. The second kappa shape index (κ2) is 11.6. The number of amides is 2. The van der Waals surface area contributed by atoms with Gasteiger partial charge in [0.2, 0.25) is 11.8 Å². The first-order chi connectivity index (χ1) is 13.1. The summed E-state index contributed by atoms with van der Waals surface area (Å²) in [6, 6.07) is 7.81. The van der Waals surface area contributed by atoms with Gasteiger partial charge in [-0.05, 0) is 30.7 Å². The molecule has 0 unspecified atom stereocenters. The summed E-state index contributed by atoms with van der Waals surface area (Å²) in [4.78, 5) is 28.1. The summed E-state index contributed by atoms with van der Waals surface area (Å²) in [6.45, 7) is 5.52. The summed E-state index contributed by atoms with van der Waals surface area (Å²) in [5.41, 5.74) is 1.88. The molecular formula is C21H33N3O3. The molecule has 1 aromatic rings. The van der Waals surface area contributed by atoms with Crippen LogP contribution in [0.2, 0.25) is 0 Å². The predicted octanol–water partition coefficient (Wildman–Crippen LogP) is 3.28. The fraction of sp³-hybridized carbons (Fsp3) is 0.619. The highest BCUT2D eigenvalue weighted by Gasteiger charge is 2.14. The third-order valence-electron chi connectivity index (χ3n) is 4.83. The zero-order chi connectivity index (χ0) is 19.5.